The molecular formula is C24H37IN6O. The van der Waals surface area contributed by atoms with Crippen LogP contribution in [0.1, 0.15) is 36.9 Å². The van der Waals surface area contributed by atoms with Gasteiger partial charge in [-0.05, 0) is 56.6 Å². The Balaban J connectivity index is 0.00000363. The fourth-order valence-electron chi connectivity index (χ4n) is 4.02. The molecule has 0 saturated carbocycles. The van der Waals surface area contributed by atoms with Gasteiger partial charge in [-0.1, -0.05) is 18.2 Å². The molecule has 1 aliphatic heterocycles. The van der Waals surface area contributed by atoms with Crippen molar-refractivity contribution in [3.8, 4) is 5.75 Å². The number of pyridine rings is 1. The number of hydrogen-bond acceptors (Lipinski definition) is 5. The van der Waals surface area contributed by atoms with Crippen LogP contribution in [0.4, 0.5) is 5.82 Å². The minimum absolute atomic E-state index is 0. The molecule has 0 aliphatic carbocycles. The molecule has 0 bridgehead atoms. The summed E-state index contributed by atoms with van der Waals surface area (Å²) in [6, 6.07) is 12.7. The van der Waals surface area contributed by atoms with Crippen LogP contribution in [0.15, 0.2) is 47.6 Å². The van der Waals surface area contributed by atoms with Crippen molar-refractivity contribution in [2.45, 2.75) is 32.4 Å². The lowest BCUT2D eigenvalue weighted by atomic mass is 10.1. The van der Waals surface area contributed by atoms with Crippen LogP contribution in [0.5, 0.6) is 5.75 Å². The highest BCUT2D eigenvalue weighted by Gasteiger charge is 2.24. The van der Waals surface area contributed by atoms with E-state index >= 15 is 0 Å². The number of nitrogens with zero attached hydrogens (tertiary/aromatic N) is 4. The van der Waals surface area contributed by atoms with Gasteiger partial charge >= 0.3 is 0 Å². The molecule has 0 radical (unpaired) electrons. The molecule has 2 aromatic rings. The van der Waals surface area contributed by atoms with Crippen molar-refractivity contribution in [1.82, 2.24) is 20.5 Å². The van der Waals surface area contributed by atoms with Crippen LogP contribution >= 0.6 is 24.0 Å². The molecule has 2 N–H and O–H groups in total. The molecular weight excluding hydrogens is 515 g/mol. The maximum Gasteiger partial charge on any atom is 0.191 e. The molecule has 176 valence electrons. The van der Waals surface area contributed by atoms with Gasteiger partial charge < -0.3 is 20.3 Å². The third-order valence-corrected chi connectivity index (χ3v) is 5.57. The van der Waals surface area contributed by atoms with Gasteiger partial charge in [0.15, 0.2) is 5.96 Å². The third kappa shape index (κ3) is 7.23. The van der Waals surface area contributed by atoms with Gasteiger partial charge in [-0.15, -0.1) is 24.0 Å². The van der Waals surface area contributed by atoms with Crippen LogP contribution < -0.4 is 20.3 Å². The smallest absolute Gasteiger partial charge is 0.191 e. The van der Waals surface area contributed by atoms with E-state index < -0.39 is 0 Å². The number of aliphatic imine (C=N–C) groups is 1. The highest BCUT2D eigenvalue weighted by molar-refractivity contribution is 14.0. The lowest BCUT2D eigenvalue weighted by Gasteiger charge is -2.29. The van der Waals surface area contributed by atoms with Gasteiger partial charge in [-0.2, -0.15) is 0 Å². The zero-order valence-corrected chi connectivity index (χ0v) is 22.0. The Bertz CT molecular complexity index is 854. The summed E-state index contributed by atoms with van der Waals surface area (Å²) in [5, 5.41) is 6.96. The molecule has 3 rings (SSSR count). The lowest BCUT2D eigenvalue weighted by Crippen LogP contribution is -2.42. The molecule has 7 nitrogen and oxygen atoms in total. The Hall–Kier alpha value is -2.07. The summed E-state index contributed by atoms with van der Waals surface area (Å²) in [7, 11) is 5.74. The molecule has 32 heavy (non-hydrogen) atoms. The van der Waals surface area contributed by atoms with E-state index in [4.69, 9.17) is 9.73 Å². The third-order valence-electron chi connectivity index (χ3n) is 5.57. The number of anilines is 1. The van der Waals surface area contributed by atoms with Crippen molar-refractivity contribution in [2.75, 3.05) is 52.3 Å². The Morgan fingerprint density at radius 3 is 2.66 bits per heavy atom. The van der Waals surface area contributed by atoms with Crippen molar-refractivity contribution >= 4 is 35.8 Å². The average Bonchev–Trinajstić information content (AvgIpc) is 3.32. The van der Waals surface area contributed by atoms with Gasteiger partial charge in [0.05, 0.1) is 19.7 Å². The van der Waals surface area contributed by atoms with Crippen molar-refractivity contribution in [3.63, 3.8) is 0 Å². The SMILES string of the molecule is CCNC(=NCc1cccnc1N(C)C)NCC(c1cccc(OC)c1)N1CCCC1.I. The summed E-state index contributed by atoms with van der Waals surface area (Å²) in [5.41, 5.74) is 2.38. The Morgan fingerprint density at radius 1 is 1.19 bits per heavy atom. The lowest BCUT2D eigenvalue weighted by molar-refractivity contribution is 0.245. The fourth-order valence-corrected chi connectivity index (χ4v) is 4.02. The van der Waals surface area contributed by atoms with Crippen LogP contribution in [-0.4, -0.2) is 63.2 Å². The second-order valence-electron chi connectivity index (χ2n) is 7.99. The number of benzene rings is 1. The van der Waals surface area contributed by atoms with Gasteiger partial charge in [0.2, 0.25) is 0 Å². The molecule has 8 heteroatoms. The average molecular weight is 553 g/mol. The standard InChI is InChI=1S/C24H36N6O.HI/c1-5-25-24(27-17-20-11-9-13-26-23(20)29(2)3)28-18-22(30-14-6-7-15-30)19-10-8-12-21(16-19)31-4;/h8-13,16,22H,5-7,14-15,17-18H2,1-4H3,(H2,25,27,28);1H. The largest absolute Gasteiger partial charge is 0.497 e. The van der Waals surface area contributed by atoms with Crippen LogP contribution in [-0.2, 0) is 6.54 Å². The summed E-state index contributed by atoms with van der Waals surface area (Å²) >= 11 is 0. The molecule has 1 aromatic carbocycles. The van der Waals surface area contributed by atoms with E-state index in [-0.39, 0.29) is 30.0 Å². The Kier molecular flexibility index (Phi) is 11.0. The number of hydrogen-bond donors (Lipinski definition) is 2. The van der Waals surface area contributed by atoms with E-state index in [2.05, 4.69) is 51.7 Å². The van der Waals surface area contributed by atoms with Gasteiger partial charge in [-0.3, -0.25) is 4.90 Å². The summed E-state index contributed by atoms with van der Waals surface area (Å²) in [6.45, 7) is 6.51. The number of guanidine groups is 1. The van der Waals surface area contributed by atoms with Gasteiger partial charge in [0.25, 0.3) is 0 Å². The van der Waals surface area contributed by atoms with Crippen LogP contribution in [0.3, 0.4) is 0 Å². The summed E-state index contributed by atoms with van der Waals surface area (Å²) < 4.78 is 5.46. The number of ether oxygens (including phenoxy) is 1. The van der Waals surface area contributed by atoms with E-state index in [1.807, 2.05) is 37.3 Å². The molecule has 0 spiro atoms. The molecule has 1 atom stereocenters. The summed E-state index contributed by atoms with van der Waals surface area (Å²) in [4.78, 5) is 13.9. The van der Waals surface area contributed by atoms with E-state index in [9.17, 15) is 0 Å². The number of nitrogens with one attached hydrogen (secondary N) is 2. The molecule has 1 saturated heterocycles. The minimum Gasteiger partial charge on any atom is -0.497 e. The van der Waals surface area contributed by atoms with E-state index in [0.717, 1.165) is 49.3 Å². The first-order valence-corrected chi connectivity index (χ1v) is 11.1. The number of rotatable bonds is 9. The minimum atomic E-state index is 0. The zero-order valence-electron chi connectivity index (χ0n) is 19.7. The van der Waals surface area contributed by atoms with Crippen LogP contribution in [0.25, 0.3) is 0 Å². The maximum atomic E-state index is 5.46. The van der Waals surface area contributed by atoms with E-state index in [1.165, 1.54) is 18.4 Å². The van der Waals surface area contributed by atoms with Gasteiger partial charge in [-0.25, -0.2) is 9.98 Å². The predicted octanol–water partition coefficient (Wildman–Crippen LogP) is 3.67. The molecule has 1 unspecified atom stereocenters. The topological polar surface area (TPSA) is 65.0 Å². The van der Waals surface area contributed by atoms with Crippen LogP contribution in [0.2, 0.25) is 0 Å². The number of aromatic nitrogens is 1. The highest BCUT2D eigenvalue weighted by Crippen LogP contribution is 2.27. The van der Waals surface area contributed by atoms with Gasteiger partial charge in [0, 0.05) is 38.9 Å². The molecule has 1 aliphatic rings. The van der Waals surface area contributed by atoms with Crippen molar-refractivity contribution < 1.29 is 4.74 Å². The fraction of sp³-hybridized carbons (Fsp3) is 0.500. The number of methoxy groups -OCH3 is 1. The first kappa shape index (κ1) is 26.2. The first-order chi connectivity index (χ1) is 15.1. The first-order valence-electron chi connectivity index (χ1n) is 11.1. The molecule has 0 amide bonds. The zero-order chi connectivity index (χ0) is 22.1. The quantitative estimate of drug-likeness (QED) is 0.281. The molecule has 1 fully saturated rings. The van der Waals surface area contributed by atoms with Crippen LogP contribution in [0, 0.1) is 0 Å². The Labute approximate surface area is 209 Å². The highest BCUT2D eigenvalue weighted by atomic mass is 127. The van der Waals surface area contributed by atoms with Gasteiger partial charge in [0.1, 0.15) is 11.6 Å². The summed E-state index contributed by atoms with van der Waals surface area (Å²) in [5.74, 6) is 2.67. The predicted molar refractivity (Wildman–Crippen MR) is 143 cm³/mol. The molecule has 1 aromatic heterocycles. The molecule has 2 heterocycles. The van der Waals surface area contributed by atoms with Crippen molar-refractivity contribution in [2.24, 2.45) is 4.99 Å². The second kappa shape index (κ2) is 13.5. The maximum absolute atomic E-state index is 5.46. The second-order valence-corrected chi connectivity index (χ2v) is 7.99. The van der Waals surface area contributed by atoms with E-state index in [0.29, 0.717) is 6.54 Å². The number of halogens is 1. The Morgan fingerprint density at radius 2 is 1.97 bits per heavy atom. The monoisotopic (exact) mass is 552 g/mol. The van der Waals surface area contributed by atoms with E-state index in [1.54, 1.807) is 7.11 Å². The normalized spacial score (nSPS) is 15.1. The van der Waals surface area contributed by atoms with Crippen molar-refractivity contribution in [1.29, 1.82) is 0 Å². The summed E-state index contributed by atoms with van der Waals surface area (Å²) in [6.07, 6.45) is 4.33. The van der Waals surface area contributed by atoms with Crippen molar-refractivity contribution in [3.05, 3.63) is 53.7 Å². The number of likely N-dealkylation sites (tertiary alicyclic amines) is 1.